The fourth-order valence-electron chi connectivity index (χ4n) is 10.9. The highest BCUT2D eigenvalue weighted by Crippen LogP contribution is 2.92. The van der Waals surface area contributed by atoms with Crippen molar-refractivity contribution in [1.82, 2.24) is 0 Å². The molecule has 6 nitrogen and oxygen atoms in total. The maximum atomic E-state index is 13.5. The van der Waals surface area contributed by atoms with Crippen molar-refractivity contribution < 1.29 is 28.7 Å². The first-order valence-electron chi connectivity index (χ1n) is 11.1. The summed E-state index contributed by atoms with van der Waals surface area (Å²) >= 11 is 0. The summed E-state index contributed by atoms with van der Waals surface area (Å²) in [5.41, 5.74) is -2.52. The lowest BCUT2D eigenvalue weighted by Gasteiger charge is -2.53. The van der Waals surface area contributed by atoms with E-state index in [9.17, 15) is 19.2 Å². The summed E-state index contributed by atoms with van der Waals surface area (Å²) in [7, 11) is 2.85. The summed E-state index contributed by atoms with van der Waals surface area (Å²) in [5, 5.41) is 0. The zero-order valence-electron chi connectivity index (χ0n) is 16.9. The molecule has 0 saturated heterocycles. The van der Waals surface area contributed by atoms with Gasteiger partial charge in [-0.25, -0.2) is 0 Å². The molecule has 8 saturated carbocycles. The molecule has 6 heteroatoms. The van der Waals surface area contributed by atoms with Gasteiger partial charge in [-0.15, -0.1) is 0 Å². The van der Waals surface area contributed by atoms with E-state index in [1.165, 1.54) is 14.2 Å². The van der Waals surface area contributed by atoms with Crippen LogP contribution in [0.15, 0.2) is 0 Å². The Morgan fingerprint density at radius 1 is 0.793 bits per heavy atom. The topological polar surface area (TPSA) is 86.7 Å². The van der Waals surface area contributed by atoms with E-state index in [2.05, 4.69) is 0 Å². The molecule has 0 N–H and O–H groups in total. The third-order valence-corrected chi connectivity index (χ3v) is 11.4. The Hall–Kier alpha value is -1.72. The number of rotatable bonds is 2. The molecule has 0 aromatic heterocycles. The molecule has 0 heterocycles. The second-order valence-corrected chi connectivity index (χ2v) is 11.1. The highest BCUT2D eigenvalue weighted by atomic mass is 16.5. The quantitative estimate of drug-likeness (QED) is 0.661. The van der Waals surface area contributed by atoms with Gasteiger partial charge < -0.3 is 9.47 Å². The van der Waals surface area contributed by atoms with Crippen LogP contribution >= 0.6 is 0 Å². The van der Waals surface area contributed by atoms with Crippen LogP contribution in [0.4, 0.5) is 0 Å². The summed E-state index contributed by atoms with van der Waals surface area (Å²) in [6.45, 7) is 0. The van der Waals surface area contributed by atoms with Crippen LogP contribution in [0, 0.1) is 57.2 Å². The van der Waals surface area contributed by atoms with Crippen molar-refractivity contribution in [2.75, 3.05) is 14.2 Å². The lowest BCUT2D eigenvalue weighted by Crippen LogP contribution is -2.59. The summed E-state index contributed by atoms with van der Waals surface area (Å²) in [4.78, 5) is 52.9. The van der Waals surface area contributed by atoms with Gasteiger partial charge in [0.1, 0.15) is 11.6 Å². The number of methoxy groups -OCH3 is 2. The van der Waals surface area contributed by atoms with Gasteiger partial charge in [-0.2, -0.15) is 0 Å². The molecule has 8 rings (SSSR count). The van der Waals surface area contributed by atoms with Gasteiger partial charge in [-0.05, 0) is 67.6 Å². The molecule has 8 aliphatic carbocycles. The standard InChI is InChI=1S/C23H26O6/c1-28-18(26)22-9-23(19(27)29-2)11-8-20(5-3-12(20)24)16(22)15(11)14-10(22)7-21(17(14)23)6-4-13(21)25/h10-11,14-17H,3-9H2,1-2H3/t10-,11+,14-,15-,16-,17-,20-,21-,22-,23-/m1/s1. The summed E-state index contributed by atoms with van der Waals surface area (Å²) < 4.78 is 10.8. The summed E-state index contributed by atoms with van der Waals surface area (Å²) in [6.07, 6.45) is 4.62. The molecule has 10 atom stereocenters. The predicted molar refractivity (Wildman–Crippen MR) is 97.0 cm³/mol. The number of Topliss-reactive ketones (excluding diaryl/α,β-unsaturated/α-hetero) is 2. The van der Waals surface area contributed by atoms with Gasteiger partial charge in [0.2, 0.25) is 0 Å². The molecule has 0 unspecified atom stereocenters. The molecular weight excluding hydrogens is 372 g/mol. The van der Waals surface area contributed by atoms with Crippen molar-refractivity contribution in [2.45, 2.75) is 44.9 Å². The van der Waals surface area contributed by atoms with Gasteiger partial charge >= 0.3 is 11.9 Å². The van der Waals surface area contributed by atoms with Crippen molar-refractivity contribution in [3.63, 3.8) is 0 Å². The Kier molecular flexibility index (Phi) is 2.62. The predicted octanol–water partition coefficient (Wildman–Crippen LogP) is 1.94. The van der Waals surface area contributed by atoms with E-state index in [1.807, 2.05) is 0 Å². The van der Waals surface area contributed by atoms with Crippen LogP contribution in [-0.2, 0) is 28.7 Å². The van der Waals surface area contributed by atoms with Crippen molar-refractivity contribution in [3.05, 3.63) is 0 Å². The molecule has 0 aliphatic heterocycles. The lowest BCUT2D eigenvalue weighted by atomic mass is 9.48. The van der Waals surface area contributed by atoms with Crippen LogP contribution in [0.2, 0.25) is 0 Å². The van der Waals surface area contributed by atoms with E-state index >= 15 is 0 Å². The molecule has 0 aromatic rings. The van der Waals surface area contributed by atoms with E-state index in [0.717, 1.165) is 12.8 Å². The Morgan fingerprint density at radius 3 is 1.48 bits per heavy atom. The first-order valence-corrected chi connectivity index (χ1v) is 11.1. The highest BCUT2D eigenvalue weighted by Gasteiger charge is 2.94. The lowest BCUT2D eigenvalue weighted by molar-refractivity contribution is -0.185. The second kappa shape index (κ2) is 4.47. The largest absolute Gasteiger partial charge is 0.469 e. The molecule has 29 heavy (non-hydrogen) atoms. The van der Waals surface area contributed by atoms with E-state index < -0.39 is 21.7 Å². The van der Waals surface area contributed by atoms with Crippen LogP contribution < -0.4 is 0 Å². The van der Waals surface area contributed by atoms with E-state index in [1.54, 1.807) is 0 Å². The highest BCUT2D eigenvalue weighted by molar-refractivity contribution is 5.97. The van der Waals surface area contributed by atoms with Crippen LogP contribution in [0.25, 0.3) is 0 Å². The van der Waals surface area contributed by atoms with E-state index in [4.69, 9.17) is 9.47 Å². The van der Waals surface area contributed by atoms with Crippen LogP contribution in [0.5, 0.6) is 0 Å². The number of hydrogen-bond acceptors (Lipinski definition) is 6. The first kappa shape index (κ1) is 17.0. The zero-order valence-corrected chi connectivity index (χ0v) is 16.9. The van der Waals surface area contributed by atoms with Gasteiger partial charge in [0.05, 0.1) is 25.0 Å². The minimum Gasteiger partial charge on any atom is -0.469 e. The monoisotopic (exact) mass is 398 g/mol. The number of ketones is 2. The molecule has 8 fully saturated rings. The van der Waals surface area contributed by atoms with Gasteiger partial charge in [0.15, 0.2) is 0 Å². The van der Waals surface area contributed by atoms with Crippen molar-refractivity contribution in [3.8, 4) is 0 Å². The Labute approximate surface area is 169 Å². The number of esters is 2. The van der Waals surface area contributed by atoms with E-state index in [-0.39, 0.29) is 59.0 Å². The number of carbonyl (C=O) groups excluding carboxylic acids is 4. The third kappa shape index (κ3) is 1.27. The fraction of sp³-hybridized carbons (Fsp3) is 0.826. The van der Waals surface area contributed by atoms with E-state index in [0.29, 0.717) is 32.1 Å². The molecule has 2 spiro atoms. The first-order chi connectivity index (χ1) is 13.8. The smallest absolute Gasteiger partial charge is 0.312 e. The maximum Gasteiger partial charge on any atom is 0.312 e. The maximum absolute atomic E-state index is 13.5. The van der Waals surface area contributed by atoms with Crippen molar-refractivity contribution >= 4 is 23.5 Å². The molecule has 0 radical (unpaired) electrons. The second-order valence-electron chi connectivity index (χ2n) is 11.1. The number of ether oxygens (including phenoxy) is 2. The van der Waals surface area contributed by atoms with Gasteiger partial charge in [0.25, 0.3) is 0 Å². The Morgan fingerprint density at radius 2 is 1.21 bits per heavy atom. The molecule has 8 aliphatic rings. The van der Waals surface area contributed by atoms with Crippen molar-refractivity contribution in [1.29, 1.82) is 0 Å². The normalized spacial score (nSPS) is 59.4. The van der Waals surface area contributed by atoms with Crippen LogP contribution in [0.1, 0.15) is 44.9 Å². The van der Waals surface area contributed by atoms with Gasteiger partial charge in [-0.3, -0.25) is 19.2 Å². The molecule has 154 valence electrons. The molecule has 0 aromatic carbocycles. The number of carbonyl (C=O) groups is 4. The zero-order chi connectivity index (χ0) is 20.1. The third-order valence-electron chi connectivity index (χ3n) is 11.4. The fourth-order valence-corrected chi connectivity index (χ4v) is 10.9. The SMILES string of the molecule is COC(=O)[C@@]12C[C@@]3(C(=O)OC)[C@@H]4C[C@@]5(CCC5=O)[C@H]1[C@H]4[C@@H]1[C@@H]3[C@]3(CCC3=O)C[C@@H]12. The van der Waals surface area contributed by atoms with Gasteiger partial charge in [0, 0.05) is 23.7 Å². The molecule has 8 bridgehead atoms. The minimum absolute atomic E-state index is 0.0148. The van der Waals surface area contributed by atoms with Crippen LogP contribution in [0.3, 0.4) is 0 Å². The number of hydrogen-bond donors (Lipinski definition) is 0. The average molecular weight is 398 g/mol. The van der Waals surface area contributed by atoms with Crippen LogP contribution in [-0.4, -0.2) is 37.7 Å². The average Bonchev–Trinajstić information content (AvgIpc) is 3.35. The van der Waals surface area contributed by atoms with Gasteiger partial charge in [-0.1, -0.05) is 0 Å². The Balaban J connectivity index is 1.52. The molecular formula is C23H26O6. The summed E-state index contributed by atoms with van der Waals surface area (Å²) in [6, 6.07) is 0. The molecule has 0 amide bonds. The van der Waals surface area contributed by atoms with Crippen molar-refractivity contribution in [2.24, 2.45) is 57.2 Å². The Bertz CT molecular complexity index is 866. The minimum atomic E-state index is -0.808. The summed E-state index contributed by atoms with van der Waals surface area (Å²) in [5.74, 6) is 0.486.